The van der Waals surface area contributed by atoms with E-state index in [2.05, 4.69) is 36.6 Å². The molecule has 1 amide bonds. The van der Waals surface area contributed by atoms with Crippen LogP contribution in [0.3, 0.4) is 0 Å². The van der Waals surface area contributed by atoms with Gasteiger partial charge in [-0.1, -0.05) is 26.0 Å². The molecule has 1 aromatic carbocycles. The van der Waals surface area contributed by atoms with Gasteiger partial charge < -0.3 is 10.6 Å². The van der Waals surface area contributed by atoms with E-state index in [9.17, 15) is 4.79 Å². The van der Waals surface area contributed by atoms with Gasteiger partial charge in [0.1, 0.15) is 0 Å². The monoisotopic (exact) mass is 294 g/mol. The summed E-state index contributed by atoms with van der Waals surface area (Å²) in [6, 6.07) is 8.23. The van der Waals surface area contributed by atoms with Gasteiger partial charge in [0.2, 0.25) is 5.91 Å². The first-order chi connectivity index (χ1) is 9.06. The fraction of sp³-hybridized carbons (Fsp3) is 0.562. The Bertz CT molecular complexity index is 480. The minimum Gasteiger partial charge on any atom is -0.325 e. The maximum absolute atomic E-state index is 12.3. The molecule has 0 radical (unpaired) electrons. The Balaban J connectivity index is 0.00000147. The number of carbonyl (C=O) groups is 1. The van der Waals surface area contributed by atoms with Crippen molar-refractivity contribution in [3.05, 3.63) is 29.8 Å². The van der Waals surface area contributed by atoms with Crippen molar-refractivity contribution in [2.24, 2.45) is 5.41 Å². The smallest absolute Gasteiger partial charge is 0.242 e. The molecule has 1 saturated heterocycles. The third kappa shape index (κ3) is 3.15. The average Bonchev–Trinajstić information content (AvgIpc) is 3.14. The zero-order valence-electron chi connectivity index (χ0n) is 12.1. The Morgan fingerprint density at radius 1 is 1.25 bits per heavy atom. The second-order valence-electron chi connectivity index (χ2n) is 6.51. The Hall–Kier alpha value is -1.06. The fourth-order valence-electron chi connectivity index (χ4n) is 2.88. The Morgan fingerprint density at radius 3 is 2.40 bits per heavy atom. The first-order valence-corrected chi connectivity index (χ1v) is 7.20. The quantitative estimate of drug-likeness (QED) is 0.898. The van der Waals surface area contributed by atoms with Crippen LogP contribution in [0, 0.1) is 5.41 Å². The molecule has 1 atom stereocenters. The lowest BCUT2D eigenvalue weighted by molar-refractivity contribution is -0.119. The van der Waals surface area contributed by atoms with Gasteiger partial charge >= 0.3 is 0 Å². The van der Waals surface area contributed by atoms with Gasteiger partial charge in [0.15, 0.2) is 0 Å². The van der Waals surface area contributed by atoms with Gasteiger partial charge in [-0.25, -0.2) is 0 Å². The maximum atomic E-state index is 12.3. The van der Waals surface area contributed by atoms with Crippen LogP contribution in [0.25, 0.3) is 0 Å². The molecule has 3 nitrogen and oxygen atoms in total. The number of anilines is 1. The first-order valence-electron chi connectivity index (χ1n) is 7.20. The van der Waals surface area contributed by atoms with Gasteiger partial charge in [0.05, 0.1) is 6.04 Å². The molecule has 110 valence electrons. The SMILES string of the molecule is CC1(C)CCNC1C(=O)Nc1ccc(C2CC2)cc1.Cl. The lowest BCUT2D eigenvalue weighted by Crippen LogP contribution is -2.43. The van der Waals surface area contributed by atoms with E-state index in [1.54, 1.807) is 0 Å². The summed E-state index contributed by atoms with van der Waals surface area (Å²) in [6.07, 6.45) is 3.67. The van der Waals surface area contributed by atoms with E-state index in [0.717, 1.165) is 24.6 Å². The van der Waals surface area contributed by atoms with Crippen LogP contribution in [0.1, 0.15) is 44.6 Å². The summed E-state index contributed by atoms with van der Waals surface area (Å²) >= 11 is 0. The highest BCUT2D eigenvalue weighted by atomic mass is 35.5. The number of rotatable bonds is 3. The lowest BCUT2D eigenvalue weighted by atomic mass is 9.84. The summed E-state index contributed by atoms with van der Waals surface area (Å²) in [6.45, 7) is 5.21. The van der Waals surface area contributed by atoms with E-state index < -0.39 is 0 Å². The van der Waals surface area contributed by atoms with Crippen LogP contribution < -0.4 is 10.6 Å². The highest BCUT2D eigenvalue weighted by molar-refractivity contribution is 5.95. The first kappa shape index (κ1) is 15.3. The van der Waals surface area contributed by atoms with Crippen LogP contribution in [0.5, 0.6) is 0 Å². The molecular weight excluding hydrogens is 272 g/mol. The zero-order chi connectivity index (χ0) is 13.5. The standard InChI is InChI=1S/C16H22N2O.ClH/c1-16(2)9-10-17-14(16)15(19)18-13-7-5-12(6-8-13)11-3-4-11;/h5-8,11,14,17H,3-4,9-10H2,1-2H3,(H,18,19);1H. The number of hydrogen-bond donors (Lipinski definition) is 2. The number of benzene rings is 1. The van der Waals surface area contributed by atoms with Gasteiger partial charge in [-0.05, 0) is 54.8 Å². The predicted molar refractivity (Wildman–Crippen MR) is 84.5 cm³/mol. The van der Waals surface area contributed by atoms with Crippen LogP contribution in [0.4, 0.5) is 5.69 Å². The summed E-state index contributed by atoms with van der Waals surface area (Å²) in [5, 5.41) is 6.32. The maximum Gasteiger partial charge on any atom is 0.242 e. The van der Waals surface area contributed by atoms with Crippen LogP contribution in [0.2, 0.25) is 0 Å². The molecule has 1 unspecified atom stereocenters. The van der Waals surface area contributed by atoms with Gasteiger partial charge in [0.25, 0.3) is 0 Å². The molecule has 2 fully saturated rings. The number of carbonyl (C=O) groups excluding carboxylic acids is 1. The van der Waals surface area contributed by atoms with E-state index >= 15 is 0 Å². The van der Waals surface area contributed by atoms with Crippen molar-refractivity contribution >= 4 is 24.0 Å². The van der Waals surface area contributed by atoms with Crippen molar-refractivity contribution in [2.45, 2.75) is 45.1 Å². The predicted octanol–water partition coefficient (Wildman–Crippen LogP) is 3.31. The van der Waals surface area contributed by atoms with Crippen molar-refractivity contribution in [1.82, 2.24) is 5.32 Å². The summed E-state index contributed by atoms with van der Waals surface area (Å²) in [7, 11) is 0. The van der Waals surface area contributed by atoms with E-state index in [0.29, 0.717) is 0 Å². The minimum atomic E-state index is -0.0874. The largest absolute Gasteiger partial charge is 0.325 e. The van der Waals surface area contributed by atoms with Crippen molar-refractivity contribution < 1.29 is 4.79 Å². The van der Waals surface area contributed by atoms with Crippen LogP contribution >= 0.6 is 12.4 Å². The number of hydrogen-bond acceptors (Lipinski definition) is 2. The van der Waals surface area contributed by atoms with Gasteiger partial charge in [-0.15, -0.1) is 12.4 Å². The molecule has 2 N–H and O–H groups in total. The van der Waals surface area contributed by atoms with Gasteiger partial charge in [-0.3, -0.25) is 4.79 Å². The molecule has 1 aromatic rings. The average molecular weight is 295 g/mol. The number of amides is 1. The normalized spacial score (nSPS) is 24.0. The van der Waals surface area contributed by atoms with E-state index in [4.69, 9.17) is 0 Å². The van der Waals surface area contributed by atoms with E-state index in [-0.39, 0.29) is 29.8 Å². The van der Waals surface area contributed by atoms with Gasteiger partial charge in [-0.2, -0.15) is 0 Å². The molecule has 3 rings (SSSR count). The molecule has 1 aliphatic carbocycles. The molecule has 0 aromatic heterocycles. The second kappa shape index (κ2) is 5.74. The van der Waals surface area contributed by atoms with E-state index in [1.165, 1.54) is 18.4 Å². The molecular formula is C16H23ClN2O. The summed E-state index contributed by atoms with van der Waals surface area (Å²) in [5.74, 6) is 0.849. The molecule has 0 spiro atoms. The second-order valence-corrected chi connectivity index (χ2v) is 6.51. The molecule has 4 heteroatoms. The Morgan fingerprint density at radius 2 is 1.90 bits per heavy atom. The number of nitrogens with one attached hydrogen (secondary N) is 2. The topological polar surface area (TPSA) is 41.1 Å². The number of halogens is 1. The summed E-state index contributed by atoms with van der Waals surface area (Å²) in [5.41, 5.74) is 2.34. The highest BCUT2D eigenvalue weighted by Gasteiger charge is 2.39. The van der Waals surface area contributed by atoms with Crippen molar-refractivity contribution in [3.8, 4) is 0 Å². The Kier molecular flexibility index (Phi) is 4.40. The summed E-state index contributed by atoms with van der Waals surface area (Å²) in [4.78, 5) is 12.3. The van der Waals surface area contributed by atoms with Gasteiger partial charge in [0, 0.05) is 5.69 Å². The lowest BCUT2D eigenvalue weighted by Gasteiger charge is -2.25. The fourth-order valence-corrected chi connectivity index (χ4v) is 2.88. The van der Waals surface area contributed by atoms with Crippen LogP contribution in [-0.4, -0.2) is 18.5 Å². The Labute approximate surface area is 126 Å². The van der Waals surface area contributed by atoms with Crippen molar-refractivity contribution in [1.29, 1.82) is 0 Å². The third-order valence-electron chi connectivity index (χ3n) is 4.39. The summed E-state index contributed by atoms with van der Waals surface area (Å²) < 4.78 is 0. The van der Waals surface area contributed by atoms with Crippen LogP contribution in [0.15, 0.2) is 24.3 Å². The molecule has 2 aliphatic rings. The zero-order valence-corrected chi connectivity index (χ0v) is 12.9. The van der Waals surface area contributed by atoms with Crippen LogP contribution in [-0.2, 0) is 4.79 Å². The molecule has 20 heavy (non-hydrogen) atoms. The highest BCUT2D eigenvalue weighted by Crippen LogP contribution is 2.40. The van der Waals surface area contributed by atoms with Crippen molar-refractivity contribution in [3.63, 3.8) is 0 Å². The van der Waals surface area contributed by atoms with E-state index in [1.807, 2.05) is 12.1 Å². The van der Waals surface area contributed by atoms with Crippen molar-refractivity contribution in [2.75, 3.05) is 11.9 Å². The minimum absolute atomic E-state index is 0. The molecule has 1 heterocycles. The molecule has 1 aliphatic heterocycles. The molecule has 1 saturated carbocycles. The molecule has 0 bridgehead atoms. The third-order valence-corrected chi connectivity index (χ3v) is 4.39.